The molecule has 0 aliphatic rings. The fourth-order valence-electron chi connectivity index (χ4n) is 3.56. The van der Waals surface area contributed by atoms with Crippen LogP contribution in [0.1, 0.15) is 43.2 Å². The lowest BCUT2D eigenvalue weighted by Crippen LogP contribution is -1.95. The van der Waals surface area contributed by atoms with Crippen molar-refractivity contribution in [3.8, 4) is 22.3 Å². The number of aromatic nitrogens is 1. The second kappa shape index (κ2) is 6.52. The molecule has 0 bridgehead atoms. The van der Waals surface area contributed by atoms with Crippen LogP contribution >= 0.6 is 0 Å². The molecule has 1 N–H and O–H groups in total. The molecule has 3 heteroatoms. The molecule has 1 aromatic heterocycles. The fraction of sp³-hybridized carbons (Fsp3) is 0.182. The number of carbonyl (C=O) groups excluding carboxylic acids is 2. The standard InChI is InChI=1S/C22H21NO2/c1-13-17(11-24)7-5-9-19(13)21-15(3)23-16(4)22(21)20-10-6-8-18(12-25)14(20)2/h5-12,23H,1-4H3. The Morgan fingerprint density at radius 3 is 1.44 bits per heavy atom. The van der Waals surface area contributed by atoms with Crippen molar-refractivity contribution in [3.63, 3.8) is 0 Å². The molecule has 3 rings (SSSR count). The first kappa shape index (κ1) is 16.9. The van der Waals surface area contributed by atoms with Crippen molar-refractivity contribution in [2.24, 2.45) is 0 Å². The maximum Gasteiger partial charge on any atom is 0.150 e. The largest absolute Gasteiger partial charge is 0.362 e. The molecule has 0 radical (unpaired) electrons. The number of rotatable bonds is 4. The number of hydrogen-bond donors (Lipinski definition) is 1. The van der Waals surface area contributed by atoms with Crippen LogP contribution in [-0.2, 0) is 0 Å². The minimum atomic E-state index is 0.695. The molecule has 0 amide bonds. The Morgan fingerprint density at radius 2 is 1.08 bits per heavy atom. The Labute approximate surface area is 147 Å². The third-order valence-electron chi connectivity index (χ3n) is 4.92. The lowest BCUT2D eigenvalue weighted by atomic mass is 9.88. The lowest BCUT2D eigenvalue weighted by molar-refractivity contribution is 0.111. The van der Waals surface area contributed by atoms with E-state index in [9.17, 15) is 9.59 Å². The Balaban J connectivity index is 2.36. The van der Waals surface area contributed by atoms with Gasteiger partial charge in [0.2, 0.25) is 0 Å². The van der Waals surface area contributed by atoms with Crippen LogP contribution in [0.3, 0.4) is 0 Å². The maximum atomic E-state index is 11.3. The average Bonchev–Trinajstić information content (AvgIpc) is 2.89. The minimum Gasteiger partial charge on any atom is -0.362 e. The summed E-state index contributed by atoms with van der Waals surface area (Å²) in [5.41, 5.74) is 9.67. The van der Waals surface area contributed by atoms with Gasteiger partial charge in [-0.3, -0.25) is 9.59 Å². The third-order valence-corrected chi connectivity index (χ3v) is 4.92. The summed E-state index contributed by atoms with van der Waals surface area (Å²) in [5.74, 6) is 0. The van der Waals surface area contributed by atoms with Gasteiger partial charge in [0.05, 0.1) is 0 Å². The van der Waals surface area contributed by atoms with Gasteiger partial charge in [-0.25, -0.2) is 0 Å². The second-order valence-corrected chi connectivity index (χ2v) is 6.40. The van der Waals surface area contributed by atoms with Crippen molar-refractivity contribution in [2.45, 2.75) is 27.7 Å². The van der Waals surface area contributed by atoms with Crippen molar-refractivity contribution >= 4 is 12.6 Å². The van der Waals surface area contributed by atoms with Crippen LogP contribution in [-0.4, -0.2) is 17.6 Å². The van der Waals surface area contributed by atoms with Crippen LogP contribution in [0, 0.1) is 27.7 Å². The first-order chi connectivity index (χ1) is 12.0. The molecule has 3 aromatic rings. The predicted octanol–water partition coefficient (Wildman–Crippen LogP) is 5.21. The molecule has 0 aliphatic carbocycles. The minimum absolute atomic E-state index is 0.695. The lowest BCUT2D eigenvalue weighted by Gasteiger charge is -2.14. The highest BCUT2D eigenvalue weighted by atomic mass is 16.1. The molecule has 3 nitrogen and oxygen atoms in total. The molecule has 0 fully saturated rings. The number of carbonyl (C=O) groups is 2. The zero-order valence-corrected chi connectivity index (χ0v) is 14.9. The number of H-pyrrole nitrogens is 1. The van der Waals surface area contributed by atoms with Gasteiger partial charge in [-0.15, -0.1) is 0 Å². The fourth-order valence-corrected chi connectivity index (χ4v) is 3.56. The molecular weight excluding hydrogens is 310 g/mol. The summed E-state index contributed by atoms with van der Waals surface area (Å²) in [5, 5.41) is 0. The average molecular weight is 331 g/mol. The van der Waals surface area contributed by atoms with Crippen molar-refractivity contribution in [2.75, 3.05) is 0 Å². The van der Waals surface area contributed by atoms with Crippen LogP contribution in [0.4, 0.5) is 0 Å². The van der Waals surface area contributed by atoms with Crippen LogP contribution in [0.15, 0.2) is 36.4 Å². The molecule has 0 saturated heterocycles. The van der Waals surface area contributed by atoms with E-state index in [0.717, 1.165) is 57.3 Å². The molecule has 0 aliphatic heterocycles. The summed E-state index contributed by atoms with van der Waals surface area (Å²) >= 11 is 0. The van der Waals surface area contributed by atoms with E-state index >= 15 is 0 Å². The summed E-state index contributed by atoms with van der Waals surface area (Å²) in [4.78, 5) is 26.1. The van der Waals surface area contributed by atoms with E-state index < -0.39 is 0 Å². The maximum absolute atomic E-state index is 11.3. The molecule has 25 heavy (non-hydrogen) atoms. The molecular formula is C22H21NO2. The van der Waals surface area contributed by atoms with Gasteiger partial charge in [-0.05, 0) is 49.9 Å². The van der Waals surface area contributed by atoms with Gasteiger partial charge in [-0.2, -0.15) is 0 Å². The van der Waals surface area contributed by atoms with Gasteiger partial charge in [0.25, 0.3) is 0 Å². The molecule has 0 atom stereocenters. The van der Waals surface area contributed by atoms with Gasteiger partial charge in [0, 0.05) is 33.6 Å². The normalized spacial score (nSPS) is 10.7. The molecule has 0 saturated carbocycles. The van der Waals surface area contributed by atoms with Gasteiger partial charge in [0.15, 0.2) is 0 Å². The van der Waals surface area contributed by atoms with Crippen LogP contribution in [0.25, 0.3) is 22.3 Å². The molecule has 126 valence electrons. The number of aldehydes is 2. The summed E-state index contributed by atoms with van der Waals surface area (Å²) in [6.07, 6.45) is 1.79. The number of aryl methyl sites for hydroxylation is 2. The van der Waals surface area contributed by atoms with Crippen LogP contribution < -0.4 is 0 Å². The van der Waals surface area contributed by atoms with Gasteiger partial charge < -0.3 is 4.98 Å². The Bertz CT molecular complexity index is 902. The predicted molar refractivity (Wildman–Crippen MR) is 101 cm³/mol. The van der Waals surface area contributed by atoms with Gasteiger partial charge >= 0.3 is 0 Å². The van der Waals surface area contributed by atoms with E-state index in [-0.39, 0.29) is 0 Å². The monoisotopic (exact) mass is 331 g/mol. The van der Waals surface area contributed by atoms with E-state index in [0.29, 0.717) is 11.1 Å². The number of aromatic amines is 1. The summed E-state index contributed by atoms with van der Waals surface area (Å²) in [7, 11) is 0. The molecule has 2 aromatic carbocycles. The number of hydrogen-bond acceptors (Lipinski definition) is 2. The van der Waals surface area contributed by atoms with Crippen molar-refractivity contribution in [1.29, 1.82) is 0 Å². The van der Waals surface area contributed by atoms with Crippen molar-refractivity contribution < 1.29 is 9.59 Å². The third kappa shape index (κ3) is 2.72. The molecule has 0 spiro atoms. The van der Waals surface area contributed by atoms with Crippen molar-refractivity contribution in [1.82, 2.24) is 4.98 Å². The second-order valence-electron chi connectivity index (χ2n) is 6.40. The summed E-state index contributed by atoms with van der Waals surface area (Å²) in [6, 6.07) is 11.6. The van der Waals surface area contributed by atoms with Gasteiger partial charge in [-0.1, -0.05) is 36.4 Å². The van der Waals surface area contributed by atoms with Crippen LogP contribution in [0.2, 0.25) is 0 Å². The Kier molecular flexibility index (Phi) is 4.41. The zero-order chi connectivity index (χ0) is 18.1. The quantitative estimate of drug-likeness (QED) is 0.667. The molecule has 1 heterocycles. The first-order valence-corrected chi connectivity index (χ1v) is 8.29. The number of benzene rings is 2. The Hall–Kier alpha value is -2.94. The Morgan fingerprint density at radius 1 is 0.680 bits per heavy atom. The SMILES string of the molecule is Cc1[nH]c(C)c(-c2cccc(C=O)c2C)c1-c1cccc(C=O)c1C. The number of nitrogens with one attached hydrogen (secondary N) is 1. The first-order valence-electron chi connectivity index (χ1n) is 8.29. The topological polar surface area (TPSA) is 49.9 Å². The zero-order valence-electron chi connectivity index (χ0n) is 14.9. The highest BCUT2D eigenvalue weighted by Crippen LogP contribution is 2.40. The van der Waals surface area contributed by atoms with E-state index in [1.54, 1.807) is 0 Å². The molecule has 0 unspecified atom stereocenters. The van der Waals surface area contributed by atoms with Gasteiger partial charge in [0.1, 0.15) is 12.6 Å². The highest BCUT2D eigenvalue weighted by molar-refractivity contribution is 5.94. The van der Waals surface area contributed by atoms with E-state index in [1.165, 1.54) is 0 Å². The summed E-state index contributed by atoms with van der Waals surface area (Å²) < 4.78 is 0. The highest BCUT2D eigenvalue weighted by Gasteiger charge is 2.20. The smallest absolute Gasteiger partial charge is 0.150 e. The van der Waals surface area contributed by atoms with E-state index in [4.69, 9.17) is 0 Å². The van der Waals surface area contributed by atoms with E-state index in [2.05, 4.69) is 4.98 Å². The summed E-state index contributed by atoms with van der Waals surface area (Å²) in [6.45, 7) is 8.02. The van der Waals surface area contributed by atoms with Crippen LogP contribution in [0.5, 0.6) is 0 Å². The van der Waals surface area contributed by atoms with E-state index in [1.807, 2.05) is 64.1 Å². The van der Waals surface area contributed by atoms with Crippen molar-refractivity contribution in [3.05, 3.63) is 70.0 Å².